The van der Waals surface area contributed by atoms with Gasteiger partial charge in [-0.15, -0.1) is 0 Å². The Morgan fingerprint density at radius 1 is 1.05 bits per heavy atom. The quantitative estimate of drug-likeness (QED) is 0.558. The Balaban J connectivity index is 3.76. The highest BCUT2D eigenvalue weighted by Crippen LogP contribution is 2.14. The standard InChI is InChI=1S/C15H35N3O/c1-14(2)16-15(3,13-19)9-7-8-10-18(6)12-11-17(4)5/h14,16,19H,7-13H2,1-6H3. The molecule has 1 unspecified atom stereocenters. The molecule has 0 bridgehead atoms. The van der Waals surface area contributed by atoms with Crippen molar-refractivity contribution in [2.75, 3.05) is 47.4 Å². The summed E-state index contributed by atoms with van der Waals surface area (Å²) in [5.41, 5.74) is -0.129. The molecule has 4 heteroatoms. The van der Waals surface area contributed by atoms with Crippen molar-refractivity contribution < 1.29 is 5.11 Å². The number of aliphatic hydroxyl groups excluding tert-OH is 1. The van der Waals surface area contributed by atoms with Crippen LogP contribution in [0.2, 0.25) is 0 Å². The van der Waals surface area contributed by atoms with Crippen molar-refractivity contribution in [1.29, 1.82) is 0 Å². The molecule has 1 atom stereocenters. The summed E-state index contributed by atoms with van der Waals surface area (Å²) >= 11 is 0. The van der Waals surface area contributed by atoms with E-state index in [0.717, 1.165) is 32.5 Å². The van der Waals surface area contributed by atoms with Crippen molar-refractivity contribution in [3.05, 3.63) is 0 Å². The van der Waals surface area contributed by atoms with Crippen molar-refractivity contribution in [2.45, 2.75) is 51.6 Å². The van der Waals surface area contributed by atoms with E-state index in [1.165, 1.54) is 6.42 Å². The largest absolute Gasteiger partial charge is 0.394 e. The van der Waals surface area contributed by atoms with Crippen molar-refractivity contribution in [3.63, 3.8) is 0 Å². The monoisotopic (exact) mass is 273 g/mol. The lowest BCUT2D eigenvalue weighted by Gasteiger charge is -2.31. The topological polar surface area (TPSA) is 38.7 Å². The maximum Gasteiger partial charge on any atom is 0.0610 e. The predicted molar refractivity (Wildman–Crippen MR) is 83.7 cm³/mol. The predicted octanol–water partition coefficient (Wildman–Crippen LogP) is 1.40. The maximum absolute atomic E-state index is 9.51. The molecule has 0 aliphatic carbocycles. The molecule has 4 nitrogen and oxygen atoms in total. The van der Waals surface area contributed by atoms with Gasteiger partial charge in [0.25, 0.3) is 0 Å². The van der Waals surface area contributed by atoms with Crippen LogP contribution in [0.15, 0.2) is 0 Å². The van der Waals surface area contributed by atoms with Crippen LogP contribution in [0, 0.1) is 0 Å². The van der Waals surface area contributed by atoms with E-state index in [4.69, 9.17) is 0 Å². The fraction of sp³-hybridized carbons (Fsp3) is 1.00. The second-order valence-corrected chi connectivity index (χ2v) is 6.58. The zero-order chi connectivity index (χ0) is 14.9. The van der Waals surface area contributed by atoms with E-state index < -0.39 is 0 Å². The molecular formula is C15H35N3O. The molecule has 2 N–H and O–H groups in total. The lowest BCUT2D eigenvalue weighted by molar-refractivity contribution is 0.152. The van der Waals surface area contributed by atoms with Crippen LogP contribution < -0.4 is 5.32 Å². The van der Waals surface area contributed by atoms with E-state index in [9.17, 15) is 5.11 Å². The average Bonchev–Trinajstić information content (AvgIpc) is 2.31. The van der Waals surface area contributed by atoms with Gasteiger partial charge in [-0.25, -0.2) is 0 Å². The molecule has 0 aromatic carbocycles. The van der Waals surface area contributed by atoms with Crippen LogP contribution in [0.1, 0.15) is 40.0 Å². The van der Waals surface area contributed by atoms with Crippen molar-refractivity contribution >= 4 is 0 Å². The first-order valence-electron chi connectivity index (χ1n) is 7.51. The van der Waals surface area contributed by atoms with Gasteiger partial charge in [-0.05, 0) is 47.5 Å². The lowest BCUT2D eigenvalue weighted by Crippen LogP contribution is -2.49. The summed E-state index contributed by atoms with van der Waals surface area (Å²) < 4.78 is 0. The third-order valence-electron chi connectivity index (χ3n) is 3.43. The Morgan fingerprint density at radius 3 is 2.16 bits per heavy atom. The van der Waals surface area contributed by atoms with Gasteiger partial charge in [0, 0.05) is 24.7 Å². The molecule has 0 rings (SSSR count). The number of nitrogens with zero attached hydrogens (tertiary/aromatic N) is 2. The molecule has 0 amide bonds. The number of aliphatic hydroxyl groups is 1. The first-order valence-corrected chi connectivity index (χ1v) is 7.51. The number of likely N-dealkylation sites (N-methyl/N-ethyl adjacent to an activating group) is 2. The molecule has 0 aromatic rings. The zero-order valence-electron chi connectivity index (χ0n) is 13.9. The molecule has 0 fully saturated rings. The summed E-state index contributed by atoms with van der Waals surface area (Å²) in [4.78, 5) is 4.60. The van der Waals surface area contributed by atoms with Gasteiger partial charge in [-0.3, -0.25) is 0 Å². The summed E-state index contributed by atoms with van der Waals surface area (Å²) in [7, 11) is 6.40. The Kier molecular flexibility index (Phi) is 9.62. The van der Waals surface area contributed by atoms with E-state index in [1.54, 1.807) is 0 Å². The molecular weight excluding hydrogens is 238 g/mol. The van der Waals surface area contributed by atoms with Gasteiger partial charge in [0.15, 0.2) is 0 Å². The number of rotatable bonds is 11. The first kappa shape index (κ1) is 18.8. The molecule has 0 aromatic heterocycles. The average molecular weight is 273 g/mol. The minimum atomic E-state index is -0.129. The minimum Gasteiger partial charge on any atom is -0.394 e. The Labute approximate surface area is 120 Å². The highest BCUT2D eigenvalue weighted by molar-refractivity contribution is 4.83. The molecule has 0 saturated heterocycles. The number of hydrogen-bond acceptors (Lipinski definition) is 4. The summed E-state index contributed by atoms with van der Waals surface area (Å²) in [5.74, 6) is 0. The van der Waals surface area contributed by atoms with E-state index in [1.807, 2.05) is 0 Å². The van der Waals surface area contributed by atoms with E-state index in [0.29, 0.717) is 6.04 Å². The highest BCUT2D eigenvalue weighted by Gasteiger charge is 2.22. The van der Waals surface area contributed by atoms with Gasteiger partial charge in [0.1, 0.15) is 0 Å². The fourth-order valence-corrected chi connectivity index (χ4v) is 2.27. The van der Waals surface area contributed by atoms with Gasteiger partial charge >= 0.3 is 0 Å². The second-order valence-electron chi connectivity index (χ2n) is 6.58. The molecule has 0 saturated carbocycles. The van der Waals surface area contributed by atoms with Crippen LogP contribution >= 0.6 is 0 Å². The normalized spacial score (nSPS) is 15.5. The highest BCUT2D eigenvalue weighted by atomic mass is 16.3. The van der Waals surface area contributed by atoms with Gasteiger partial charge in [0.2, 0.25) is 0 Å². The smallest absolute Gasteiger partial charge is 0.0610 e. The summed E-state index contributed by atoms with van der Waals surface area (Å²) in [6.07, 6.45) is 3.38. The van der Waals surface area contributed by atoms with Crippen LogP contribution in [0.3, 0.4) is 0 Å². The number of unbranched alkanes of at least 4 members (excludes halogenated alkanes) is 1. The number of nitrogens with one attached hydrogen (secondary N) is 1. The maximum atomic E-state index is 9.51. The third-order valence-corrected chi connectivity index (χ3v) is 3.43. The molecule has 0 heterocycles. The van der Waals surface area contributed by atoms with Crippen molar-refractivity contribution in [1.82, 2.24) is 15.1 Å². The minimum absolute atomic E-state index is 0.129. The van der Waals surface area contributed by atoms with Crippen molar-refractivity contribution in [2.24, 2.45) is 0 Å². The van der Waals surface area contributed by atoms with Crippen LogP contribution in [0.4, 0.5) is 0 Å². The molecule has 0 spiro atoms. The summed E-state index contributed by atoms with van der Waals surface area (Å²) in [6, 6.07) is 0.417. The Hall–Kier alpha value is -0.160. The third kappa shape index (κ3) is 10.3. The lowest BCUT2D eigenvalue weighted by atomic mass is 9.95. The van der Waals surface area contributed by atoms with Crippen LogP contribution in [-0.4, -0.2) is 73.9 Å². The molecule has 116 valence electrons. The molecule has 19 heavy (non-hydrogen) atoms. The second kappa shape index (κ2) is 9.70. The fourth-order valence-electron chi connectivity index (χ4n) is 2.27. The Morgan fingerprint density at radius 2 is 1.68 bits per heavy atom. The zero-order valence-corrected chi connectivity index (χ0v) is 13.9. The van der Waals surface area contributed by atoms with E-state index in [2.05, 4.69) is 57.0 Å². The molecule has 0 aliphatic heterocycles. The van der Waals surface area contributed by atoms with E-state index in [-0.39, 0.29) is 12.1 Å². The molecule has 0 aliphatic rings. The Bertz CT molecular complexity index is 221. The van der Waals surface area contributed by atoms with Gasteiger partial charge < -0.3 is 20.2 Å². The van der Waals surface area contributed by atoms with Crippen molar-refractivity contribution in [3.8, 4) is 0 Å². The first-order chi connectivity index (χ1) is 8.79. The summed E-state index contributed by atoms with van der Waals surface area (Å²) in [5, 5.41) is 13.0. The molecule has 0 radical (unpaired) electrons. The SMILES string of the molecule is CC(C)NC(C)(CO)CCCCN(C)CCN(C)C. The van der Waals surface area contributed by atoms with Gasteiger partial charge in [-0.1, -0.05) is 20.3 Å². The number of hydrogen-bond donors (Lipinski definition) is 2. The van der Waals surface area contributed by atoms with Gasteiger partial charge in [0.05, 0.1) is 6.61 Å². The van der Waals surface area contributed by atoms with Crippen LogP contribution in [0.25, 0.3) is 0 Å². The van der Waals surface area contributed by atoms with E-state index >= 15 is 0 Å². The summed E-state index contributed by atoms with van der Waals surface area (Å²) in [6.45, 7) is 9.95. The van der Waals surface area contributed by atoms with Gasteiger partial charge in [-0.2, -0.15) is 0 Å². The van der Waals surface area contributed by atoms with Crippen LogP contribution in [0.5, 0.6) is 0 Å². The van der Waals surface area contributed by atoms with Crippen LogP contribution in [-0.2, 0) is 0 Å².